The quantitative estimate of drug-likeness (QED) is 0.684. The lowest BCUT2D eigenvalue weighted by Gasteiger charge is -2.16. The molecule has 1 amide bonds. The number of hydrogen-bond donors (Lipinski definition) is 2. The van der Waals surface area contributed by atoms with Crippen LogP contribution in [0.15, 0.2) is 34.0 Å². The Bertz CT molecular complexity index is 994. The molecule has 0 atom stereocenters. The zero-order valence-electron chi connectivity index (χ0n) is 15.2. The summed E-state index contributed by atoms with van der Waals surface area (Å²) in [5.74, 6) is -0.419. The van der Waals surface area contributed by atoms with Gasteiger partial charge in [-0.25, -0.2) is 8.42 Å². The molecule has 1 aliphatic heterocycles. The number of sulfonamides is 1. The number of rotatable bonds is 7. The first-order valence-corrected chi connectivity index (χ1v) is 10.3. The molecule has 2 heterocycles. The number of H-pyrrole nitrogens is 1. The van der Waals surface area contributed by atoms with Gasteiger partial charge in [0.1, 0.15) is 0 Å². The highest BCUT2D eigenvalue weighted by atomic mass is 32.2. The first-order valence-electron chi connectivity index (χ1n) is 8.88. The lowest BCUT2D eigenvalue weighted by molar-refractivity contribution is 0.0950. The Balaban J connectivity index is 1.98. The summed E-state index contributed by atoms with van der Waals surface area (Å²) in [6, 6.07) is 5.65. The summed E-state index contributed by atoms with van der Waals surface area (Å²) in [7, 11) is -2.04. The van der Waals surface area contributed by atoms with Gasteiger partial charge in [-0.05, 0) is 37.5 Å². The zero-order chi connectivity index (χ0) is 19.4. The lowest BCUT2D eigenvalue weighted by atomic mass is 10.1. The van der Waals surface area contributed by atoms with E-state index in [0.717, 1.165) is 12.8 Å². The fraction of sp³-hybridized carbons (Fsp3) is 0.444. The number of amides is 1. The van der Waals surface area contributed by atoms with E-state index in [0.29, 0.717) is 43.6 Å². The van der Waals surface area contributed by atoms with Crippen LogP contribution >= 0.6 is 0 Å². The first kappa shape index (κ1) is 19.5. The number of methoxy groups -OCH3 is 1. The number of benzene rings is 1. The lowest BCUT2D eigenvalue weighted by Crippen LogP contribution is -2.28. The molecule has 27 heavy (non-hydrogen) atoms. The van der Waals surface area contributed by atoms with Crippen molar-refractivity contribution in [2.24, 2.45) is 0 Å². The van der Waals surface area contributed by atoms with E-state index in [-0.39, 0.29) is 10.5 Å². The van der Waals surface area contributed by atoms with Gasteiger partial charge in [-0.2, -0.15) is 4.31 Å². The highest BCUT2D eigenvalue weighted by molar-refractivity contribution is 7.89. The molecule has 8 nitrogen and oxygen atoms in total. The number of hydrogen-bond acceptors (Lipinski definition) is 5. The first-order chi connectivity index (χ1) is 12.9. The van der Waals surface area contributed by atoms with Crippen molar-refractivity contribution in [3.05, 3.63) is 40.2 Å². The maximum Gasteiger partial charge on any atom is 0.252 e. The minimum atomic E-state index is -3.61. The number of nitrogens with zero attached hydrogens (tertiary/aromatic N) is 1. The Morgan fingerprint density at radius 2 is 2.00 bits per heavy atom. The van der Waals surface area contributed by atoms with Crippen molar-refractivity contribution >= 4 is 26.8 Å². The van der Waals surface area contributed by atoms with Crippen molar-refractivity contribution in [3.8, 4) is 0 Å². The molecule has 2 aromatic rings. The second kappa shape index (κ2) is 8.20. The van der Waals surface area contributed by atoms with Crippen LogP contribution in [0.1, 0.15) is 29.6 Å². The van der Waals surface area contributed by atoms with Gasteiger partial charge in [0, 0.05) is 50.3 Å². The molecular formula is C18H23N3O5S. The SMILES string of the molecule is COCCCNC(=O)c1cc(=O)[nH]c2ccc(S(=O)(=O)N3CCCC3)cc12. The third kappa shape index (κ3) is 4.20. The van der Waals surface area contributed by atoms with Gasteiger partial charge in [0.2, 0.25) is 15.6 Å². The summed E-state index contributed by atoms with van der Waals surface area (Å²) >= 11 is 0. The highest BCUT2D eigenvalue weighted by Gasteiger charge is 2.27. The van der Waals surface area contributed by atoms with Gasteiger partial charge in [0.15, 0.2) is 0 Å². The highest BCUT2D eigenvalue weighted by Crippen LogP contribution is 2.25. The third-order valence-corrected chi connectivity index (χ3v) is 6.47. The van der Waals surface area contributed by atoms with Crippen molar-refractivity contribution in [2.75, 3.05) is 33.4 Å². The van der Waals surface area contributed by atoms with E-state index in [9.17, 15) is 18.0 Å². The van der Waals surface area contributed by atoms with Crippen LogP contribution in [0.3, 0.4) is 0 Å². The van der Waals surface area contributed by atoms with Crippen LogP contribution < -0.4 is 10.9 Å². The third-order valence-electron chi connectivity index (χ3n) is 4.57. The van der Waals surface area contributed by atoms with Gasteiger partial charge in [-0.15, -0.1) is 0 Å². The fourth-order valence-electron chi connectivity index (χ4n) is 3.17. The monoisotopic (exact) mass is 393 g/mol. The summed E-state index contributed by atoms with van der Waals surface area (Å²) in [6.45, 7) is 1.90. The molecule has 1 saturated heterocycles. The molecule has 0 spiro atoms. The maximum absolute atomic E-state index is 12.8. The molecule has 0 bridgehead atoms. The average molecular weight is 393 g/mol. The van der Waals surface area contributed by atoms with Gasteiger partial charge in [-0.1, -0.05) is 0 Å². The molecule has 1 aromatic carbocycles. The largest absolute Gasteiger partial charge is 0.385 e. The summed E-state index contributed by atoms with van der Waals surface area (Å²) in [5, 5.41) is 3.14. The summed E-state index contributed by atoms with van der Waals surface area (Å²) in [5.41, 5.74) is 0.161. The van der Waals surface area contributed by atoms with E-state index in [1.165, 1.54) is 28.6 Å². The molecule has 9 heteroatoms. The molecule has 0 radical (unpaired) electrons. The fourth-order valence-corrected chi connectivity index (χ4v) is 4.72. The van der Waals surface area contributed by atoms with Gasteiger partial charge in [0.25, 0.3) is 5.91 Å². The van der Waals surface area contributed by atoms with Crippen LogP contribution in [0.25, 0.3) is 10.9 Å². The van der Waals surface area contributed by atoms with E-state index < -0.39 is 21.5 Å². The Hall–Kier alpha value is -2.23. The maximum atomic E-state index is 12.8. The van der Waals surface area contributed by atoms with Crippen LogP contribution in [0, 0.1) is 0 Å². The molecule has 0 aliphatic carbocycles. The normalized spacial score (nSPS) is 15.3. The predicted molar refractivity (Wildman–Crippen MR) is 101 cm³/mol. The van der Waals surface area contributed by atoms with Crippen molar-refractivity contribution in [3.63, 3.8) is 0 Å². The van der Waals surface area contributed by atoms with Crippen molar-refractivity contribution < 1.29 is 17.9 Å². The van der Waals surface area contributed by atoms with Gasteiger partial charge >= 0.3 is 0 Å². The Morgan fingerprint density at radius 1 is 1.26 bits per heavy atom. The Morgan fingerprint density at radius 3 is 2.70 bits per heavy atom. The number of carbonyl (C=O) groups is 1. The van der Waals surface area contributed by atoms with Gasteiger partial charge in [-0.3, -0.25) is 9.59 Å². The summed E-state index contributed by atoms with van der Waals surface area (Å²) < 4.78 is 32.0. The summed E-state index contributed by atoms with van der Waals surface area (Å²) in [6.07, 6.45) is 2.32. The van der Waals surface area contributed by atoms with Gasteiger partial charge in [0.05, 0.1) is 10.5 Å². The summed E-state index contributed by atoms with van der Waals surface area (Å²) in [4.78, 5) is 27.2. The topological polar surface area (TPSA) is 109 Å². The standard InChI is InChI=1S/C18H23N3O5S/c1-26-10-4-7-19-18(23)15-12-17(22)20-16-6-5-13(11-14(15)16)27(24,25)21-8-2-3-9-21/h5-6,11-12H,2-4,7-10H2,1H3,(H,19,23)(H,20,22). The Labute approximate surface area is 157 Å². The smallest absolute Gasteiger partial charge is 0.252 e. The number of aromatic amines is 1. The van der Waals surface area contributed by atoms with E-state index in [1.807, 2.05) is 0 Å². The van der Waals surface area contributed by atoms with Crippen LogP contribution in [-0.2, 0) is 14.8 Å². The molecule has 2 N–H and O–H groups in total. The molecule has 1 aliphatic rings. The number of fused-ring (bicyclic) bond motifs is 1. The van der Waals surface area contributed by atoms with Crippen molar-refractivity contribution in [1.82, 2.24) is 14.6 Å². The molecule has 0 saturated carbocycles. The number of carbonyl (C=O) groups excluding carboxylic acids is 1. The number of ether oxygens (including phenoxy) is 1. The number of nitrogens with one attached hydrogen (secondary N) is 2. The zero-order valence-corrected chi connectivity index (χ0v) is 16.0. The second-order valence-electron chi connectivity index (χ2n) is 6.47. The van der Waals surface area contributed by atoms with E-state index >= 15 is 0 Å². The molecule has 146 valence electrons. The Kier molecular flexibility index (Phi) is 5.93. The molecule has 0 unspecified atom stereocenters. The second-order valence-corrected chi connectivity index (χ2v) is 8.41. The predicted octanol–water partition coefficient (Wildman–Crippen LogP) is 1.08. The van der Waals surface area contributed by atoms with Crippen LogP contribution in [0.4, 0.5) is 0 Å². The number of aromatic nitrogens is 1. The number of pyridine rings is 1. The van der Waals surface area contributed by atoms with Crippen LogP contribution in [0.5, 0.6) is 0 Å². The van der Waals surface area contributed by atoms with Gasteiger partial charge < -0.3 is 15.0 Å². The van der Waals surface area contributed by atoms with E-state index in [1.54, 1.807) is 7.11 Å². The van der Waals surface area contributed by atoms with Crippen molar-refractivity contribution in [2.45, 2.75) is 24.2 Å². The molecule has 1 fully saturated rings. The van der Waals surface area contributed by atoms with E-state index in [2.05, 4.69) is 10.3 Å². The minimum absolute atomic E-state index is 0.123. The average Bonchev–Trinajstić information content (AvgIpc) is 3.19. The molecule has 3 rings (SSSR count). The molecular weight excluding hydrogens is 370 g/mol. The van der Waals surface area contributed by atoms with Crippen LogP contribution in [-0.4, -0.2) is 57.0 Å². The minimum Gasteiger partial charge on any atom is -0.385 e. The van der Waals surface area contributed by atoms with Crippen molar-refractivity contribution in [1.29, 1.82) is 0 Å². The molecule has 1 aromatic heterocycles. The van der Waals surface area contributed by atoms with Crippen LogP contribution in [0.2, 0.25) is 0 Å². The van der Waals surface area contributed by atoms with E-state index in [4.69, 9.17) is 4.74 Å².